The number of aliphatic hydroxyl groups is 1. The molecule has 17 heavy (non-hydrogen) atoms. The molecule has 3 heteroatoms. The summed E-state index contributed by atoms with van der Waals surface area (Å²) in [6.45, 7) is 6.78. The Labute approximate surface area is 101 Å². The first-order valence-electron chi connectivity index (χ1n) is 5.78. The third-order valence-electron chi connectivity index (χ3n) is 3.20. The van der Waals surface area contributed by atoms with Crippen LogP contribution in [-0.4, -0.2) is 29.1 Å². The van der Waals surface area contributed by atoms with Gasteiger partial charge in [0.15, 0.2) is 0 Å². The summed E-state index contributed by atoms with van der Waals surface area (Å²) >= 11 is 0. The number of aliphatic hydroxyl groups excluding tert-OH is 1. The fourth-order valence-electron chi connectivity index (χ4n) is 2.14. The van der Waals surface area contributed by atoms with Crippen molar-refractivity contribution in [2.75, 3.05) is 13.2 Å². The lowest BCUT2D eigenvalue weighted by Gasteiger charge is -2.28. The van der Waals surface area contributed by atoms with Crippen LogP contribution >= 0.6 is 0 Å². The standard InChI is InChI=1S/C14H17NO2/c1-10(2)12-4-3-11-5-6-15(14(17)9-16)8-13(11)7-12/h3-4,7,16H,1,5-6,8-9H2,2H3. The molecular formula is C14H17NO2. The lowest BCUT2D eigenvalue weighted by molar-refractivity contribution is -0.135. The minimum atomic E-state index is -0.407. The number of carbonyl (C=O) groups excluding carboxylic acids is 1. The molecule has 1 heterocycles. The number of benzene rings is 1. The smallest absolute Gasteiger partial charge is 0.248 e. The maximum absolute atomic E-state index is 11.5. The van der Waals surface area contributed by atoms with Crippen LogP contribution in [0.1, 0.15) is 23.6 Å². The quantitative estimate of drug-likeness (QED) is 0.839. The van der Waals surface area contributed by atoms with E-state index in [4.69, 9.17) is 5.11 Å². The van der Waals surface area contributed by atoms with Gasteiger partial charge in [-0.05, 0) is 36.1 Å². The minimum absolute atomic E-state index is 0.198. The number of nitrogens with zero attached hydrogens (tertiary/aromatic N) is 1. The number of rotatable bonds is 2. The molecule has 1 amide bonds. The van der Waals surface area contributed by atoms with Gasteiger partial charge in [0.25, 0.3) is 0 Å². The second-order valence-electron chi connectivity index (χ2n) is 4.49. The molecule has 0 atom stereocenters. The zero-order chi connectivity index (χ0) is 12.4. The minimum Gasteiger partial charge on any atom is -0.387 e. The first kappa shape index (κ1) is 11.9. The number of amides is 1. The maximum atomic E-state index is 11.5. The highest BCUT2D eigenvalue weighted by Crippen LogP contribution is 2.23. The van der Waals surface area contributed by atoms with Crippen LogP contribution in [0.5, 0.6) is 0 Å². The molecule has 0 aliphatic carbocycles. The van der Waals surface area contributed by atoms with Crippen molar-refractivity contribution in [3.05, 3.63) is 41.5 Å². The lowest BCUT2D eigenvalue weighted by Crippen LogP contribution is -2.37. The van der Waals surface area contributed by atoms with Gasteiger partial charge in [-0.15, -0.1) is 0 Å². The highest BCUT2D eigenvalue weighted by Gasteiger charge is 2.20. The molecular weight excluding hydrogens is 214 g/mol. The normalized spacial score (nSPS) is 14.4. The van der Waals surface area contributed by atoms with Gasteiger partial charge < -0.3 is 10.0 Å². The molecule has 0 aromatic heterocycles. The molecule has 1 aromatic carbocycles. The molecule has 1 aromatic rings. The second-order valence-corrected chi connectivity index (χ2v) is 4.49. The summed E-state index contributed by atoms with van der Waals surface area (Å²) in [5.41, 5.74) is 4.59. The van der Waals surface area contributed by atoms with E-state index in [1.807, 2.05) is 6.92 Å². The van der Waals surface area contributed by atoms with Crippen LogP contribution in [0.2, 0.25) is 0 Å². The van der Waals surface area contributed by atoms with E-state index in [-0.39, 0.29) is 5.91 Å². The van der Waals surface area contributed by atoms with Gasteiger partial charge in [0.1, 0.15) is 6.61 Å². The van der Waals surface area contributed by atoms with Crippen molar-refractivity contribution >= 4 is 11.5 Å². The fourth-order valence-corrected chi connectivity index (χ4v) is 2.14. The Bertz CT molecular complexity index is 465. The average Bonchev–Trinajstić information content (AvgIpc) is 2.36. The van der Waals surface area contributed by atoms with Crippen molar-refractivity contribution in [1.29, 1.82) is 0 Å². The van der Waals surface area contributed by atoms with Crippen LogP contribution in [0.4, 0.5) is 0 Å². The molecule has 0 bridgehead atoms. The van der Waals surface area contributed by atoms with Crippen molar-refractivity contribution < 1.29 is 9.90 Å². The van der Waals surface area contributed by atoms with Crippen LogP contribution in [0.15, 0.2) is 24.8 Å². The molecule has 2 rings (SSSR count). The predicted molar refractivity (Wildman–Crippen MR) is 67.4 cm³/mol. The average molecular weight is 231 g/mol. The fraction of sp³-hybridized carbons (Fsp3) is 0.357. The first-order chi connectivity index (χ1) is 8.11. The summed E-state index contributed by atoms with van der Waals surface area (Å²) in [5, 5.41) is 8.87. The van der Waals surface area contributed by atoms with E-state index in [2.05, 4.69) is 24.8 Å². The Hall–Kier alpha value is -1.61. The molecule has 0 radical (unpaired) electrons. The molecule has 0 fully saturated rings. The van der Waals surface area contributed by atoms with Gasteiger partial charge in [-0.2, -0.15) is 0 Å². The van der Waals surface area contributed by atoms with Crippen molar-refractivity contribution in [2.24, 2.45) is 0 Å². The summed E-state index contributed by atoms with van der Waals surface area (Å²) in [6.07, 6.45) is 0.859. The SMILES string of the molecule is C=C(C)c1ccc2c(c1)CN(C(=O)CO)CC2. The zero-order valence-corrected chi connectivity index (χ0v) is 10.1. The van der Waals surface area contributed by atoms with Gasteiger partial charge in [0.2, 0.25) is 5.91 Å². The van der Waals surface area contributed by atoms with Gasteiger partial charge in [-0.25, -0.2) is 0 Å². The van der Waals surface area contributed by atoms with Crippen molar-refractivity contribution in [3.63, 3.8) is 0 Å². The number of carbonyl (C=O) groups is 1. The first-order valence-corrected chi connectivity index (χ1v) is 5.78. The molecule has 0 unspecified atom stereocenters. The summed E-state index contributed by atoms with van der Waals surface area (Å²) in [6, 6.07) is 6.28. The van der Waals surface area contributed by atoms with Crippen molar-refractivity contribution in [1.82, 2.24) is 4.90 Å². The summed E-state index contributed by atoms with van der Waals surface area (Å²) in [5.74, 6) is -0.198. The Morgan fingerprint density at radius 1 is 1.47 bits per heavy atom. The number of allylic oxidation sites excluding steroid dienone is 1. The van der Waals surface area contributed by atoms with E-state index in [1.54, 1.807) is 4.90 Å². The van der Waals surface area contributed by atoms with E-state index in [9.17, 15) is 4.79 Å². The largest absolute Gasteiger partial charge is 0.387 e. The van der Waals surface area contributed by atoms with Crippen LogP contribution in [-0.2, 0) is 17.8 Å². The molecule has 1 N–H and O–H groups in total. The predicted octanol–water partition coefficient (Wildman–Crippen LogP) is 1.60. The van der Waals surface area contributed by atoms with Crippen LogP contribution in [0, 0.1) is 0 Å². The van der Waals surface area contributed by atoms with Crippen LogP contribution in [0.25, 0.3) is 5.57 Å². The van der Waals surface area contributed by atoms with Gasteiger partial charge in [0, 0.05) is 13.1 Å². The molecule has 1 aliphatic heterocycles. The highest BCUT2D eigenvalue weighted by atomic mass is 16.3. The topological polar surface area (TPSA) is 40.5 Å². The Kier molecular flexibility index (Phi) is 3.29. The summed E-state index contributed by atoms with van der Waals surface area (Å²) in [4.78, 5) is 13.2. The van der Waals surface area contributed by atoms with Gasteiger partial charge in [0.05, 0.1) is 0 Å². The van der Waals surface area contributed by atoms with Crippen molar-refractivity contribution in [3.8, 4) is 0 Å². The molecule has 90 valence electrons. The summed E-state index contributed by atoms with van der Waals surface area (Å²) in [7, 11) is 0. The van der Waals surface area contributed by atoms with E-state index in [0.29, 0.717) is 13.1 Å². The Balaban J connectivity index is 2.26. The van der Waals surface area contributed by atoms with Crippen molar-refractivity contribution in [2.45, 2.75) is 19.9 Å². The lowest BCUT2D eigenvalue weighted by atomic mass is 9.95. The van der Waals surface area contributed by atoms with Gasteiger partial charge >= 0.3 is 0 Å². The molecule has 1 aliphatic rings. The van der Waals surface area contributed by atoms with Gasteiger partial charge in [-0.1, -0.05) is 24.3 Å². The van der Waals surface area contributed by atoms with E-state index >= 15 is 0 Å². The van der Waals surface area contributed by atoms with E-state index in [0.717, 1.165) is 17.6 Å². The molecule has 0 spiro atoms. The number of hydrogen-bond acceptors (Lipinski definition) is 2. The zero-order valence-electron chi connectivity index (χ0n) is 10.1. The second kappa shape index (κ2) is 4.72. The Morgan fingerprint density at radius 3 is 2.88 bits per heavy atom. The van der Waals surface area contributed by atoms with Crippen LogP contribution < -0.4 is 0 Å². The van der Waals surface area contributed by atoms with Gasteiger partial charge in [-0.3, -0.25) is 4.79 Å². The van der Waals surface area contributed by atoms with E-state index in [1.165, 1.54) is 11.1 Å². The molecule has 0 saturated carbocycles. The number of fused-ring (bicyclic) bond motifs is 1. The molecule has 3 nitrogen and oxygen atoms in total. The third kappa shape index (κ3) is 2.39. The highest BCUT2D eigenvalue weighted by molar-refractivity contribution is 5.77. The number of hydrogen-bond donors (Lipinski definition) is 1. The monoisotopic (exact) mass is 231 g/mol. The maximum Gasteiger partial charge on any atom is 0.248 e. The molecule has 0 saturated heterocycles. The van der Waals surface area contributed by atoms with Crippen LogP contribution in [0.3, 0.4) is 0 Å². The third-order valence-corrected chi connectivity index (χ3v) is 3.20. The summed E-state index contributed by atoms with van der Waals surface area (Å²) < 4.78 is 0. The van der Waals surface area contributed by atoms with E-state index < -0.39 is 6.61 Å². The Morgan fingerprint density at radius 2 is 2.24 bits per heavy atom.